The molecule has 0 fully saturated rings. The minimum Gasteiger partial charge on any atom is -0.462 e. The number of hydrogen-bond acceptors (Lipinski definition) is 6. The number of unbranched alkanes of at least 4 members (excludes halogenated alkanes) is 38. The van der Waals surface area contributed by atoms with Gasteiger partial charge in [0.05, 0.1) is 0 Å². The number of ether oxygens (including phenoxy) is 3. The fourth-order valence-corrected chi connectivity index (χ4v) is 10.0. The monoisotopic (exact) mass is 1110 g/mol. The Kier molecular flexibility index (Phi) is 65.2. The Morgan fingerprint density at radius 2 is 0.487 bits per heavy atom. The molecule has 0 bridgehead atoms. The molecule has 1 unspecified atom stereocenters. The van der Waals surface area contributed by atoms with Crippen LogP contribution in [0.5, 0.6) is 0 Å². The third kappa shape index (κ3) is 65.4. The second-order valence-electron chi connectivity index (χ2n) is 23.1. The van der Waals surface area contributed by atoms with Crippen molar-refractivity contribution in [1.82, 2.24) is 0 Å². The summed E-state index contributed by atoms with van der Waals surface area (Å²) in [6.07, 6.45) is 90.5. The van der Waals surface area contributed by atoms with Crippen molar-refractivity contribution in [3.8, 4) is 0 Å². The first-order valence-corrected chi connectivity index (χ1v) is 34.6. The van der Waals surface area contributed by atoms with Gasteiger partial charge in [0.15, 0.2) is 6.10 Å². The third-order valence-corrected chi connectivity index (χ3v) is 15.2. The van der Waals surface area contributed by atoms with Crippen LogP contribution in [0.2, 0.25) is 0 Å². The fraction of sp³-hybridized carbons (Fsp3) is 0.770. The summed E-state index contributed by atoms with van der Waals surface area (Å²) < 4.78 is 16.9. The van der Waals surface area contributed by atoms with Crippen molar-refractivity contribution >= 4 is 17.9 Å². The maximum atomic E-state index is 12.9. The number of hydrogen-bond donors (Lipinski definition) is 0. The molecule has 0 saturated heterocycles. The van der Waals surface area contributed by atoms with Crippen molar-refractivity contribution in [2.45, 2.75) is 354 Å². The van der Waals surface area contributed by atoms with E-state index in [0.717, 1.165) is 103 Å². The maximum absolute atomic E-state index is 12.9. The molecule has 1 atom stereocenters. The molecule has 0 aromatic heterocycles. The summed E-state index contributed by atoms with van der Waals surface area (Å²) in [4.78, 5) is 38.2. The molecule has 0 spiro atoms. The molecule has 0 N–H and O–H groups in total. The van der Waals surface area contributed by atoms with Crippen LogP contribution in [0.25, 0.3) is 0 Å². The van der Waals surface area contributed by atoms with Gasteiger partial charge in [-0.1, -0.05) is 337 Å². The fourth-order valence-electron chi connectivity index (χ4n) is 10.0. The second-order valence-corrected chi connectivity index (χ2v) is 23.1. The second kappa shape index (κ2) is 68.1. The molecule has 0 aliphatic heterocycles. The van der Waals surface area contributed by atoms with E-state index < -0.39 is 6.10 Å². The van der Waals surface area contributed by atoms with E-state index >= 15 is 0 Å². The molecule has 0 aliphatic carbocycles. The SMILES string of the molecule is CC/C=C\C/C=C\C/C=C\C/C=C\C/C=C\C/C=C\C/C=C\CCCCCCCCCCCCCCCC(=O)OCC(COC(=O)CCCCCCCCCCC)OC(=O)CCCCCCCCCCCCCCCCCCCC. The highest BCUT2D eigenvalue weighted by Crippen LogP contribution is 2.18. The molecule has 0 saturated carbocycles. The van der Waals surface area contributed by atoms with Crippen LogP contribution in [0.1, 0.15) is 348 Å². The van der Waals surface area contributed by atoms with E-state index in [2.05, 4.69) is 106 Å². The predicted molar refractivity (Wildman–Crippen MR) is 348 cm³/mol. The Balaban J connectivity index is 4.09. The first kappa shape index (κ1) is 76.6. The summed E-state index contributed by atoms with van der Waals surface area (Å²) in [6.45, 7) is 6.55. The van der Waals surface area contributed by atoms with Gasteiger partial charge in [0.1, 0.15) is 13.2 Å². The largest absolute Gasteiger partial charge is 0.462 e. The van der Waals surface area contributed by atoms with Crippen molar-refractivity contribution in [3.63, 3.8) is 0 Å². The van der Waals surface area contributed by atoms with Crippen molar-refractivity contribution in [3.05, 3.63) is 85.1 Å². The summed E-state index contributed by atoms with van der Waals surface area (Å²) >= 11 is 0. The summed E-state index contributed by atoms with van der Waals surface area (Å²) in [5.41, 5.74) is 0. The van der Waals surface area contributed by atoms with Crippen LogP contribution in [0.3, 0.4) is 0 Å². The maximum Gasteiger partial charge on any atom is 0.306 e. The molecule has 0 heterocycles. The summed E-state index contributed by atoms with van der Waals surface area (Å²) in [5, 5.41) is 0. The van der Waals surface area contributed by atoms with Crippen molar-refractivity contribution in [2.24, 2.45) is 0 Å². The van der Waals surface area contributed by atoms with Gasteiger partial charge in [-0.15, -0.1) is 0 Å². The molecule has 80 heavy (non-hydrogen) atoms. The van der Waals surface area contributed by atoms with E-state index in [-0.39, 0.29) is 31.1 Å². The lowest BCUT2D eigenvalue weighted by molar-refractivity contribution is -0.167. The van der Waals surface area contributed by atoms with Crippen LogP contribution in [-0.2, 0) is 28.6 Å². The Hall–Kier alpha value is -3.41. The molecule has 6 heteroatoms. The molecular formula is C74H130O6. The van der Waals surface area contributed by atoms with Gasteiger partial charge in [-0.05, 0) is 77.0 Å². The Bertz CT molecular complexity index is 1520. The lowest BCUT2D eigenvalue weighted by atomic mass is 10.0. The quantitative estimate of drug-likeness (QED) is 0.0261. The smallest absolute Gasteiger partial charge is 0.306 e. The van der Waals surface area contributed by atoms with Crippen molar-refractivity contribution < 1.29 is 28.6 Å². The van der Waals surface area contributed by atoms with E-state index in [9.17, 15) is 14.4 Å². The lowest BCUT2D eigenvalue weighted by Crippen LogP contribution is -2.30. The standard InChI is InChI=1S/C74H130O6/c1-4-7-10-13-16-19-21-23-25-27-29-30-31-32-33-34-35-36-37-38-39-40-41-42-43-44-45-47-48-50-52-55-58-61-64-67-73(76)79-70-71(69-78-72(75)66-63-60-57-54-18-15-12-9-6-3)80-74(77)68-65-62-59-56-53-51-49-46-28-26-24-22-20-17-14-11-8-5-2/h7,10,16,19,23,25,29-30,32-33,35-36,38-39,71H,4-6,8-9,11-15,17-18,20-22,24,26-28,31,34,37,40-70H2,1-3H3/b10-7-,19-16-,25-23-,30-29-,33-32-,36-35-,39-38-. The number of carbonyl (C=O) groups excluding carboxylic acids is 3. The van der Waals surface area contributed by atoms with Crippen LogP contribution < -0.4 is 0 Å². The van der Waals surface area contributed by atoms with Crippen LogP contribution >= 0.6 is 0 Å². The highest BCUT2D eigenvalue weighted by molar-refractivity contribution is 5.71. The molecule has 0 amide bonds. The summed E-state index contributed by atoms with van der Waals surface area (Å²) in [6, 6.07) is 0. The number of rotatable bonds is 63. The van der Waals surface area contributed by atoms with Crippen LogP contribution in [-0.4, -0.2) is 37.2 Å². The summed E-state index contributed by atoms with van der Waals surface area (Å²) in [5.74, 6) is -0.855. The van der Waals surface area contributed by atoms with E-state index in [4.69, 9.17) is 14.2 Å². The Morgan fingerprint density at radius 1 is 0.263 bits per heavy atom. The first-order valence-electron chi connectivity index (χ1n) is 34.6. The van der Waals surface area contributed by atoms with E-state index in [1.165, 1.54) is 205 Å². The molecule has 0 aromatic carbocycles. The Morgan fingerprint density at radius 3 is 0.762 bits per heavy atom. The van der Waals surface area contributed by atoms with E-state index in [1.54, 1.807) is 0 Å². The molecule has 0 rings (SSSR count). The number of allylic oxidation sites excluding steroid dienone is 14. The van der Waals surface area contributed by atoms with Gasteiger partial charge in [0.25, 0.3) is 0 Å². The van der Waals surface area contributed by atoms with Crippen molar-refractivity contribution in [1.29, 1.82) is 0 Å². The average Bonchev–Trinajstić information content (AvgIpc) is 3.46. The highest BCUT2D eigenvalue weighted by Gasteiger charge is 2.19. The summed E-state index contributed by atoms with van der Waals surface area (Å²) in [7, 11) is 0. The van der Waals surface area contributed by atoms with Gasteiger partial charge >= 0.3 is 17.9 Å². The minimum atomic E-state index is -0.771. The van der Waals surface area contributed by atoms with Crippen LogP contribution in [0.4, 0.5) is 0 Å². The van der Waals surface area contributed by atoms with Gasteiger partial charge in [0.2, 0.25) is 0 Å². The highest BCUT2D eigenvalue weighted by atomic mass is 16.6. The molecule has 6 nitrogen and oxygen atoms in total. The predicted octanol–water partition coefficient (Wildman–Crippen LogP) is 23.8. The lowest BCUT2D eigenvalue weighted by Gasteiger charge is -2.18. The zero-order valence-corrected chi connectivity index (χ0v) is 53.1. The third-order valence-electron chi connectivity index (χ3n) is 15.2. The van der Waals surface area contributed by atoms with Gasteiger partial charge in [-0.25, -0.2) is 0 Å². The van der Waals surface area contributed by atoms with Gasteiger partial charge in [-0.3, -0.25) is 14.4 Å². The number of esters is 3. The van der Waals surface area contributed by atoms with Crippen LogP contribution in [0, 0.1) is 0 Å². The molecule has 0 aromatic rings. The van der Waals surface area contributed by atoms with E-state index in [1.807, 2.05) is 0 Å². The first-order chi connectivity index (χ1) is 39.5. The zero-order valence-electron chi connectivity index (χ0n) is 53.1. The average molecular weight is 1120 g/mol. The van der Waals surface area contributed by atoms with Gasteiger partial charge in [-0.2, -0.15) is 0 Å². The van der Waals surface area contributed by atoms with E-state index in [0.29, 0.717) is 19.3 Å². The zero-order chi connectivity index (χ0) is 57.8. The van der Waals surface area contributed by atoms with Gasteiger partial charge in [0, 0.05) is 19.3 Å². The van der Waals surface area contributed by atoms with Crippen LogP contribution in [0.15, 0.2) is 85.1 Å². The topological polar surface area (TPSA) is 78.9 Å². The number of carbonyl (C=O) groups is 3. The normalized spacial score (nSPS) is 12.6. The van der Waals surface area contributed by atoms with Crippen molar-refractivity contribution in [2.75, 3.05) is 13.2 Å². The minimum absolute atomic E-state index is 0.0699. The Labute approximate surface area is 496 Å². The molecular weight excluding hydrogens is 985 g/mol. The molecule has 0 radical (unpaired) electrons. The molecule has 0 aliphatic rings. The molecule has 462 valence electrons. The van der Waals surface area contributed by atoms with Gasteiger partial charge < -0.3 is 14.2 Å².